The summed E-state index contributed by atoms with van der Waals surface area (Å²) < 4.78 is 12.4. The van der Waals surface area contributed by atoms with Crippen LogP contribution in [0.5, 0.6) is 11.5 Å². The first-order valence-electron chi connectivity index (χ1n) is 9.08. The first kappa shape index (κ1) is 18.9. The summed E-state index contributed by atoms with van der Waals surface area (Å²) in [6, 6.07) is 11.0. The predicted molar refractivity (Wildman–Crippen MR) is 114 cm³/mol. The van der Waals surface area contributed by atoms with E-state index in [1.54, 1.807) is 60.7 Å². The molecule has 0 saturated carbocycles. The summed E-state index contributed by atoms with van der Waals surface area (Å²) in [5.41, 5.74) is 2.50. The van der Waals surface area contributed by atoms with Crippen molar-refractivity contribution < 1.29 is 14.3 Å². The van der Waals surface area contributed by atoms with Gasteiger partial charge in [0.1, 0.15) is 11.5 Å². The number of aromatic nitrogens is 3. The Balaban J connectivity index is 1.79. The van der Waals surface area contributed by atoms with Gasteiger partial charge in [-0.2, -0.15) is 5.10 Å². The second-order valence-electron chi connectivity index (χ2n) is 6.25. The van der Waals surface area contributed by atoms with Crippen LogP contribution in [-0.4, -0.2) is 34.9 Å². The van der Waals surface area contributed by atoms with E-state index in [4.69, 9.17) is 14.5 Å². The van der Waals surface area contributed by atoms with Crippen molar-refractivity contribution in [3.63, 3.8) is 0 Å². The molecule has 1 N–H and O–H groups in total. The number of fused-ring (bicyclic) bond motifs is 1. The highest BCUT2D eigenvalue weighted by Gasteiger charge is 2.19. The van der Waals surface area contributed by atoms with Crippen LogP contribution < -0.4 is 14.8 Å². The molecule has 29 heavy (non-hydrogen) atoms. The summed E-state index contributed by atoms with van der Waals surface area (Å²) >= 11 is 1.58. The maximum atomic E-state index is 13.2. The van der Waals surface area contributed by atoms with Crippen molar-refractivity contribution in [3.8, 4) is 22.1 Å². The lowest BCUT2D eigenvalue weighted by molar-refractivity contribution is 0.102. The van der Waals surface area contributed by atoms with Gasteiger partial charge in [-0.05, 0) is 36.6 Å². The van der Waals surface area contributed by atoms with Gasteiger partial charge in [-0.25, -0.2) is 9.67 Å². The zero-order valence-corrected chi connectivity index (χ0v) is 17.1. The smallest absolute Gasteiger partial charge is 0.256 e. The molecule has 0 saturated heterocycles. The minimum Gasteiger partial charge on any atom is -0.497 e. The third-order valence-electron chi connectivity index (χ3n) is 4.58. The molecule has 148 valence electrons. The molecule has 1 aromatic carbocycles. The van der Waals surface area contributed by atoms with E-state index >= 15 is 0 Å². The van der Waals surface area contributed by atoms with E-state index in [0.29, 0.717) is 40.3 Å². The Morgan fingerprint density at radius 2 is 2.07 bits per heavy atom. The Labute approximate surface area is 171 Å². The number of aryl methyl sites for hydroxylation is 1. The molecular formula is C21H20N4O3S. The molecule has 3 aromatic heterocycles. The largest absolute Gasteiger partial charge is 0.497 e. The first-order valence-corrected chi connectivity index (χ1v) is 9.96. The number of carbonyl (C=O) groups excluding carboxylic acids is 1. The van der Waals surface area contributed by atoms with E-state index in [2.05, 4.69) is 10.4 Å². The molecule has 0 spiro atoms. The second kappa shape index (κ2) is 7.92. The number of ether oxygens (including phenoxy) is 2. The fourth-order valence-electron chi connectivity index (χ4n) is 3.11. The SMILES string of the molecule is CCn1ncc2c(C(=O)Nc3ccc(OC)cc3OC)cc(-c3cccs3)nc21. The number of hydrogen-bond donors (Lipinski definition) is 1. The van der Waals surface area contributed by atoms with E-state index in [-0.39, 0.29) is 5.91 Å². The quantitative estimate of drug-likeness (QED) is 0.510. The molecule has 0 fully saturated rings. The van der Waals surface area contributed by atoms with Crippen LogP contribution in [0.3, 0.4) is 0 Å². The average Bonchev–Trinajstić information content (AvgIpc) is 3.43. The van der Waals surface area contributed by atoms with Crippen molar-refractivity contribution in [2.75, 3.05) is 19.5 Å². The normalized spacial score (nSPS) is 10.9. The second-order valence-corrected chi connectivity index (χ2v) is 7.20. The third kappa shape index (κ3) is 3.54. The Morgan fingerprint density at radius 3 is 2.76 bits per heavy atom. The zero-order valence-electron chi connectivity index (χ0n) is 16.3. The van der Waals surface area contributed by atoms with E-state index in [0.717, 1.165) is 10.6 Å². The van der Waals surface area contributed by atoms with Crippen LogP contribution in [0.2, 0.25) is 0 Å². The summed E-state index contributed by atoms with van der Waals surface area (Å²) in [5.74, 6) is 0.912. The summed E-state index contributed by atoms with van der Waals surface area (Å²) in [5, 5.41) is 10.0. The number of thiophene rings is 1. The van der Waals surface area contributed by atoms with E-state index < -0.39 is 0 Å². The van der Waals surface area contributed by atoms with Crippen LogP contribution in [0.15, 0.2) is 48.0 Å². The van der Waals surface area contributed by atoms with Crippen LogP contribution in [0.1, 0.15) is 17.3 Å². The van der Waals surface area contributed by atoms with Crippen LogP contribution in [0.4, 0.5) is 5.69 Å². The molecular weight excluding hydrogens is 388 g/mol. The van der Waals surface area contributed by atoms with Gasteiger partial charge in [0.2, 0.25) is 0 Å². The lowest BCUT2D eigenvalue weighted by Gasteiger charge is -2.12. The molecule has 3 heterocycles. The fraction of sp³-hybridized carbons (Fsp3) is 0.190. The number of nitrogens with zero attached hydrogens (tertiary/aromatic N) is 3. The van der Waals surface area contributed by atoms with Crippen molar-refractivity contribution in [3.05, 3.63) is 53.5 Å². The molecule has 1 amide bonds. The van der Waals surface area contributed by atoms with Crippen molar-refractivity contribution in [2.45, 2.75) is 13.5 Å². The lowest BCUT2D eigenvalue weighted by atomic mass is 10.1. The average molecular weight is 408 g/mol. The summed E-state index contributed by atoms with van der Waals surface area (Å²) in [6.07, 6.45) is 1.68. The Kier molecular flexibility index (Phi) is 5.18. The van der Waals surface area contributed by atoms with Gasteiger partial charge in [-0.15, -0.1) is 11.3 Å². The minimum absolute atomic E-state index is 0.255. The molecule has 4 aromatic rings. The maximum Gasteiger partial charge on any atom is 0.256 e. The molecule has 7 nitrogen and oxygen atoms in total. The minimum atomic E-state index is -0.255. The number of methoxy groups -OCH3 is 2. The molecule has 0 unspecified atom stereocenters. The molecule has 0 aliphatic carbocycles. The van der Waals surface area contributed by atoms with Gasteiger partial charge in [0.15, 0.2) is 5.65 Å². The van der Waals surface area contributed by atoms with Crippen molar-refractivity contribution in [1.82, 2.24) is 14.8 Å². The van der Waals surface area contributed by atoms with Crippen molar-refractivity contribution >= 4 is 34.0 Å². The standard InChI is InChI=1S/C21H20N4O3S/c1-4-25-20-15(12-22-25)14(11-17(23-20)19-6-5-9-29-19)21(26)24-16-8-7-13(27-2)10-18(16)28-3/h5-12H,4H2,1-3H3,(H,24,26). The molecule has 0 atom stereocenters. The lowest BCUT2D eigenvalue weighted by Crippen LogP contribution is -2.14. The predicted octanol–water partition coefficient (Wildman–Crippen LogP) is 4.45. The Bertz CT molecular complexity index is 1170. The third-order valence-corrected chi connectivity index (χ3v) is 5.48. The number of nitrogens with one attached hydrogen (secondary N) is 1. The van der Waals surface area contributed by atoms with Gasteiger partial charge in [0.05, 0.1) is 47.6 Å². The van der Waals surface area contributed by atoms with Crippen LogP contribution >= 0.6 is 11.3 Å². The molecule has 4 rings (SSSR count). The first-order chi connectivity index (χ1) is 14.1. The summed E-state index contributed by atoms with van der Waals surface area (Å²) in [4.78, 5) is 18.9. The fourth-order valence-corrected chi connectivity index (χ4v) is 3.80. The molecule has 0 bridgehead atoms. The summed E-state index contributed by atoms with van der Waals surface area (Å²) in [7, 11) is 3.13. The van der Waals surface area contributed by atoms with Gasteiger partial charge >= 0.3 is 0 Å². The van der Waals surface area contributed by atoms with Crippen LogP contribution in [0.25, 0.3) is 21.6 Å². The van der Waals surface area contributed by atoms with Gasteiger partial charge in [0.25, 0.3) is 5.91 Å². The summed E-state index contributed by atoms with van der Waals surface area (Å²) in [6.45, 7) is 2.66. The Morgan fingerprint density at radius 1 is 1.21 bits per heavy atom. The van der Waals surface area contributed by atoms with Gasteiger partial charge in [-0.1, -0.05) is 6.07 Å². The van der Waals surface area contributed by atoms with Gasteiger partial charge in [-0.3, -0.25) is 4.79 Å². The van der Waals surface area contributed by atoms with Crippen LogP contribution in [-0.2, 0) is 6.54 Å². The van der Waals surface area contributed by atoms with Gasteiger partial charge < -0.3 is 14.8 Å². The topological polar surface area (TPSA) is 78.3 Å². The molecule has 0 aliphatic rings. The molecule has 0 aliphatic heterocycles. The Hall–Kier alpha value is -3.39. The van der Waals surface area contributed by atoms with E-state index in [1.807, 2.05) is 24.4 Å². The van der Waals surface area contributed by atoms with Gasteiger partial charge in [0, 0.05) is 12.6 Å². The highest BCUT2D eigenvalue weighted by molar-refractivity contribution is 7.13. The number of anilines is 1. The number of carbonyl (C=O) groups is 1. The van der Waals surface area contributed by atoms with E-state index in [9.17, 15) is 4.79 Å². The maximum absolute atomic E-state index is 13.2. The number of pyridine rings is 1. The number of hydrogen-bond acceptors (Lipinski definition) is 6. The number of amides is 1. The molecule has 8 heteroatoms. The van der Waals surface area contributed by atoms with Crippen molar-refractivity contribution in [1.29, 1.82) is 0 Å². The number of rotatable bonds is 6. The zero-order chi connectivity index (χ0) is 20.4. The highest BCUT2D eigenvalue weighted by Crippen LogP contribution is 2.31. The monoisotopic (exact) mass is 408 g/mol. The van der Waals surface area contributed by atoms with E-state index in [1.165, 1.54) is 0 Å². The highest BCUT2D eigenvalue weighted by atomic mass is 32.1. The number of benzene rings is 1. The van der Waals surface area contributed by atoms with Crippen LogP contribution in [0, 0.1) is 0 Å². The molecule has 0 radical (unpaired) electrons. The van der Waals surface area contributed by atoms with Crippen molar-refractivity contribution in [2.24, 2.45) is 0 Å².